The Morgan fingerprint density at radius 1 is 1.33 bits per heavy atom. The second kappa shape index (κ2) is 9.56. The van der Waals surface area contributed by atoms with E-state index in [-0.39, 0.29) is 24.8 Å². The number of likely N-dealkylation sites (N-methyl/N-ethyl adjacent to an activating group) is 1. The highest BCUT2D eigenvalue weighted by Crippen LogP contribution is 2.52. The number of piperidine rings is 1. The number of rotatable bonds is 9. The fraction of sp³-hybridized carbons (Fsp3) is 0.565. The van der Waals surface area contributed by atoms with E-state index in [9.17, 15) is 14.0 Å². The Labute approximate surface area is 193 Å². The number of amides is 2. The molecule has 2 heterocycles. The molecule has 3 aliphatic rings. The molecule has 1 aliphatic carbocycles. The highest BCUT2D eigenvalue weighted by atomic mass is 19.1. The van der Waals surface area contributed by atoms with E-state index in [4.69, 9.17) is 9.57 Å². The van der Waals surface area contributed by atoms with Crippen molar-refractivity contribution in [2.24, 2.45) is 11.8 Å². The van der Waals surface area contributed by atoms with Crippen LogP contribution < -0.4 is 20.6 Å². The molecule has 2 N–H and O–H groups in total. The number of hydroxylamine groups is 1. The molecule has 0 aromatic heterocycles. The Kier molecular flexibility index (Phi) is 6.76. The predicted molar refractivity (Wildman–Crippen MR) is 122 cm³/mol. The lowest BCUT2D eigenvalue weighted by Gasteiger charge is -2.23. The summed E-state index contributed by atoms with van der Waals surface area (Å²) >= 11 is 0. The van der Waals surface area contributed by atoms with Crippen LogP contribution in [0.5, 0.6) is 0 Å². The van der Waals surface area contributed by atoms with Crippen molar-refractivity contribution in [1.82, 2.24) is 15.7 Å². The van der Waals surface area contributed by atoms with Crippen molar-refractivity contribution in [3.63, 3.8) is 0 Å². The van der Waals surface area contributed by atoms with Crippen LogP contribution in [0.3, 0.4) is 0 Å². The van der Waals surface area contributed by atoms with Gasteiger partial charge in [0.05, 0.1) is 31.1 Å². The monoisotopic (exact) mass is 461 g/mol. The third-order valence-corrected chi connectivity index (χ3v) is 6.62. The van der Waals surface area contributed by atoms with Gasteiger partial charge in [-0.15, -0.1) is 0 Å². The maximum absolute atomic E-state index is 14.9. The Morgan fingerprint density at radius 2 is 2.06 bits per heavy atom. The molecule has 2 saturated heterocycles. The van der Waals surface area contributed by atoms with E-state index >= 15 is 0 Å². The lowest BCUT2D eigenvalue weighted by atomic mass is 10.2. The van der Waals surface area contributed by atoms with Crippen LogP contribution in [0.4, 0.5) is 20.6 Å². The van der Waals surface area contributed by atoms with Crippen molar-refractivity contribution in [2.75, 3.05) is 56.7 Å². The Balaban J connectivity index is 1.29. The molecule has 1 unspecified atom stereocenters. The number of nitrogens with one attached hydrogen (secondary N) is 2. The molecule has 0 spiro atoms. The number of halogens is 1. The molecule has 1 saturated carbocycles. The van der Waals surface area contributed by atoms with Gasteiger partial charge in [-0.3, -0.25) is 20.0 Å². The largest absolute Gasteiger partial charge is 0.442 e. The van der Waals surface area contributed by atoms with Crippen LogP contribution in [0.25, 0.3) is 0 Å². The number of nitrogens with zero attached hydrogens (tertiary/aromatic N) is 3. The standard InChI is InChI=1S/C23H32FN5O4/c1-14(27(3)4)13-32-26-9-18-19-11-28(12-20(18)19)22-6-5-16(7-21(22)24)29-10-17(33-23(29)31)8-25-15(2)30/h5-7,9,14,17,19-20,26H,8,10-13H2,1-4H3,(H,25,30)/t14?,17-,19-,20+/m0/s1. The molecule has 3 fully saturated rings. The molecule has 180 valence electrons. The summed E-state index contributed by atoms with van der Waals surface area (Å²) in [6.45, 7) is 6.10. The second-order valence-corrected chi connectivity index (χ2v) is 9.19. The van der Waals surface area contributed by atoms with Gasteiger partial charge in [0.2, 0.25) is 5.91 Å². The zero-order chi connectivity index (χ0) is 23.7. The van der Waals surface area contributed by atoms with Crippen LogP contribution >= 0.6 is 0 Å². The minimum absolute atomic E-state index is 0.191. The van der Waals surface area contributed by atoms with Gasteiger partial charge in [0, 0.05) is 44.1 Å². The van der Waals surface area contributed by atoms with Gasteiger partial charge in [0.25, 0.3) is 0 Å². The highest BCUT2D eigenvalue weighted by molar-refractivity contribution is 5.90. The van der Waals surface area contributed by atoms with Crippen molar-refractivity contribution in [3.8, 4) is 0 Å². The van der Waals surface area contributed by atoms with Gasteiger partial charge in [0.1, 0.15) is 11.9 Å². The minimum atomic E-state index is -0.538. The summed E-state index contributed by atoms with van der Waals surface area (Å²) in [5, 5.41) is 2.63. The SMILES string of the molecule is CC(=O)NC[C@H]1CN(c2ccc(N3C[C@@H]4C(=CNOCC(C)N(C)C)[C@@H]4C3)c(F)c2)C(=O)O1. The van der Waals surface area contributed by atoms with E-state index in [1.807, 2.05) is 25.2 Å². The van der Waals surface area contributed by atoms with E-state index in [0.29, 0.717) is 35.9 Å². The van der Waals surface area contributed by atoms with Crippen molar-refractivity contribution >= 4 is 23.4 Å². The first kappa shape index (κ1) is 23.3. The molecule has 4 atom stereocenters. The molecule has 1 aromatic rings. The molecule has 2 amide bonds. The number of carbonyl (C=O) groups excluding carboxylic acids is 2. The first-order chi connectivity index (χ1) is 15.7. The molecule has 1 aromatic carbocycles. The number of fused-ring (bicyclic) bond motifs is 1. The van der Waals surface area contributed by atoms with Crippen LogP contribution in [0.15, 0.2) is 30.0 Å². The summed E-state index contributed by atoms with van der Waals surface area (Å²) in [5.74, 6) is 0.268. The van der Waals surface area contributed by atoms with Crippen LogP contribution in [-0.2, 0) is 14.4 Å². The fourth-order valence-corrected chi connectivity index (χ4v) is 4.27. The van der Waals surface area contributed by atoms with Gasteiger partial charge >= 0.3 is 6.09 Å². The number of hydrogen-bond donors (Lipinski definition) is 2. The Bertz CT molecular complexity index is 925. The van der Waals surface area contributed by atoms with E-state index in [0.717, 1.165) is 13.1 Å². The third-order valence-electron chi connectivity index (χ3n) is 6.62. The van der Waals surface area contributed by atoms with Crippen molar-refractivity contribution in [1.29, 1.82) is 0 Å². The van der Waals surface area contributed by atoms with Gasteiger partial charge in [-0.1, -0.05) is 0 Å². The lowest BCUT2D eigenvalue weighted by Crippen LogP contribution is -2.33. The number of anilines is 2. The maximum Gasteiger partial charge on any atom is 0.414 e. The second-order valence-electron chi connectivity index (χ2n) is 9.19. The summed E-state index contributed by atoms with van der Waals surface area (Å²) in [4.78, 5) is 34.3. The molecular formula is C23H32FN5O4. The molecular weight excluding hydrogens is 429 g/mol. The van der Waals surface area contributed by atoms with E-state index in [1.165, 1.54) is 23.5 Å². The van der Waals surface area contributed by atoms with Crippen molar-refractivity contribution < 1.29 is 23.6 Å². The lowest BCUT2D eigenvalue weighted by molar-refractivity contribution is -0.119. The zero-order valence-corrected chi connectivity index (χ0v) is 19.5. The van der Waals surface area contributed by atoms with Gasteiger partial charge in [-0.2, -0.15) is 0 Å². The average molecular weight is 462 g/mol. The fourth-order valence-electron chi connectivity index (χ4n) is 4.27. The smallest absolute Gasteiger partial charge is 0.414 e. The van der Waals surface area contributed by atoms with E-state index < -0.39 is 12.2 Å². The summed E-state index contributed by atoms with van der Waals surface area (Å²) in [6.07, 6.45) is 0.943. The van der Waals surface area contributed by atoms with Crippen molar-refractivity contribution in [2.45, 2.75) is 26.0 Å². The number of cyclic esters (lactones) is 1. The molecule has 33 heavy (non-hydrogen) atoms. The molecule has 0 radical (unpaired) electrons. The summed E-state index contributed by atoms with van der Waals surface area (Å²) in [7, 11) is 4.03. The Hall–Kier alpha value is -2.85. The minimum Gasteiger partial charge on any atom is -0.442 e. The number of ether oxygens (including phenoxy) is 1. The number of benzene rings is 1. The summed E-state index contributed by atoms with van der Waals surface area (Å²) in [6, 6.07) is 5.15. The summed E-state index contributed by atoms with van der Waals surface area (Å²) in [5.41, 5.74) is 5.23. The van der Waals surface area contributed by atoms with Gasteiger partial charge in [0.15, 0.2) is 0 Å². The summed E-state index contributed by atoms with van der Waals surface area (Å²) < 4.78 is 20.2. The number of carbonyl (C=O) groups is 2. The molecule has 9 nitrogen and oxygen atoms in total. The maximum atomic E-state index is 14.9. The quantitative estimate of drug-likeness (QED) is 0.428. The normalized spacial score (nSPS) is 25.9. The predicted octanol–water partition coefficient (Wildman–Crippen LogP) is 1.71. The molecule has 10 heteroatoms. The third kappa shape index (κ3) is 5.22. The topological polar surface area (TPSA) is 86.4 Å². The first-order valence-corrected chi connectivity index (χ1v) is 11.3. The highest BCUT2D eigenvalue weighted by Gasteiger charge is 2.51. The van der Waals surface area contributed by atoms with Crippen LogP contribution in [0, 0.1) is 17.7 Å². The Morgan fingerprint density at radius 3 is 2.70 bits per heavy atom. The van der Waals surface area contributed by atoms with Gasteiger partial charge < -0.3 is 19.9 Å². The van der Waals surface area contributed by atoms with Crippen LogP contribution in [-0.4, -0.2) is 75.9 Å². The van der Waals surface area contributed by atoms with Crippen molar-refractivity contribution in [3.05, 3.63) is 35.8 Å². The molecule has 0 bridgehead atoms. The zero-order valence-electron chi connectivity index (χ0n) is 19.5. The first-order valence-electron chi connectivity index (χ1n) is 11.3. The molecule has 2 aliphatic heterocycles. The van der Waals surface area contributed by atoms with Gasteiger partial charge in [-0.05, 0) is 44.8 Å². The molecule has 4 rings (SSSR count). The van der Waals surface area contributed by atoms with E-state index in [1.54, 1.807) is 12.1 Å². The van der Waals surface area contributed by atoms with E-state index in [2.05, 4.69) is 22.6 Å². The average Bonchev–Trinajstić information content (AvgIpc) is 3.08. The van der Waals surface area contributed by atoms with Crippen LogP contribution in [0.1, 0.15) is 13.8 Å². The van der Waals surface area contributed by atoms with Crippen LogP contribution in [0.2, 0.25) is 0 Å². The number of hydrogen-bond acceptors (Lipinski definition) is 7. The van der Waals surface area contributed by atoms with Gasteiger partial charge in [-0.25, -0.2) is 9.18 Å².